The molecule has 1 N–H and O–H groups in total. The topological polar surface area (TPSA) is 66.8 Å². The van der Waals surface area contributed by atoms with E-state index in [0.29, 0.717) is 30.0 Å². The van der Waals surface area contributed by atoms with Gasteiger partial charge in [0.25, 0.3) is 5.91 Å². The number of anilines is 1. The smallest absolute Gasteiger partial charge is 0.328 e. The van der Waals surface area contributed by atoms with Crippen molar-refractivity contribution in [1.29, 1.82) is 0 Å². The highest BCUT2D eigenvalue weighted by Gasteiger charge is 2.32. The number of carboxylic acid groups (broad SMARTS) is 1. The maximum Gasteiger partial charge on any atom is 0.328 e. The van der Waals surface area contributed by atoms with E-state index in [4.69, 9.17) is 9.84 Å². The summed E-state index contributed by atoms with van der Waals surface area (Å²) >= 11 is 0. The van der Waals surface area contributed by atoms with Crippen molar-refractivity contribution in [1.82, 2.24) is 0 Å². The van der Waals surface area contributed by atoms with Crippen LogP contribution in [0.4, 0.5) is 5.69 Å². The highest BCUT2D eigenvalue weighted by molar-refractivity contribution is 6.00. The Morgan fingerprint density at radius 1 is 1.43 bits per heavy atom. The van der Waals surface area contributed by atoms with Crippen LogP contribution in [0.5, 0.6) is 5.75 Å². The first-order valence-corrected chi connectivity index (χ1v) is 7.01. The Morgan fingerprint density at radius 3 is 2.71 bits per heavy atom. The summed E-state index contributed by atoms with van der Waals surface area (Å²) in [4.78, 5) is 24.7. The molecule has 1 heterocycles. The monoisotopic (exact) mass is 289 g/mol. The Hall–Kier alpha value is -2.30. The molecule has 0 spiro atoms. The molecule has 0 fully saturated rings. The average Bonchev–Trinajstić information content (AvgIpc) is 2.45. The zero-order valence-corrected chi connectivity index (χ0v) is 12.4. The van der Waals surface area contributed by atoms with Crippen molar-refractivity contribution in [2.75, 3.05) is 11.4 Å². The molecule has 1 amide bonds. The molecule has 5 nitrogen and oxygen atoms in total. The number of carboxylic acids is 1. The van der Waals surface area contributed by atoms with E-state index in [0.717, 1.165) is 11.6 Å². The first-order chi connectivity index (χ1) is 9.97. The van der Waals surface area contributed by atoms with Gasteiger partial charge < -0.3 is 14.7 Å². The van der Waals surface area contributed by atoms with Gasteiger partial charge in [0.2, 0.25) is 0 Å². The quantitative estimate of drug-likeness (QED) is 0.865. The number of benzene rings is 1. The summed E-state index contributed by atoms with van der Waals surface area (Å²) in [5.74, 6) is -0.379. The van der Waals surface area contributed by atoms with Gasteiger partial charge in [0.05, 0.1) is 5.69 Å². The average molecular weight is 289 g/mol. The molecule has 1 unspecified atom stereocenters. The van der Waals surface area contributed by atoms with Crippen molar-refractivity contribution in [2.45, 2.75) is 33.3 Å². The highest BCUT2D eigenvalue weighted by atomic mass is 16.5. The van der Waals surface area contributed by atoms with E-state index in [1.165, 1.54) is 0 Å². The number of rotatable bonds is 4. The van der Waals surface area contributed by atoms with E-state index in [9.17, 15) is 9.59 Å². The van der Waals surface area contributed by atoms with Crippen LogP contribution in [0.3, 0.4) is 0 Å². The summed E-state index contributed by atoms with van der Waals surface area (Å²) in [5.41, 5.74) is 2.09. The third-order valence-electron chi connectivity index (χ3n) is 3.54. The van der Waals surface area contributed by atoms with Crippen LogP contribution in [0, 0.1) is 0 Å². The zero-order chi connectivity index (χ0) is 15.6. The SMILES string of the molecule is CCC1Oc2ccc(/C(C)=C/C(=O)O)cc2N(CC)C1=O. The van der Waals surface area contributed by atoms with Gasteiger partial charge in [-0.25, -0.2) is 4.79 Å². The molecule has 2 rings (SSSR count). The van der Waals surface area contributed by atoms with Gasteiger partial charge in [-0.15, -0.1) is 0 Å². The lowest BCUT2D eigenvalue weighted by Crippen LogP contribution is -2.45. The van der Waals surface area contributed by atoms with Crippen molar-refractivity contribution in [3.63, 3.8) is 0 Å². The van der Waals surface area contributed by atoms with Gasteiger partial charge in [-0.05, 0) is 43.5 Å². The number of amides is 1. The van der Waals surface area contributed by atoms with Crippen LogP contribution in [0.25, 0.3) is 5.57 Å². The van der Waals surface area contributed by atoms with Gasteiger partial charge in [-0.1, -0.05) is 13.0 Å². The second-order valence-electron chi connectivity index (χ2n) is 4.95. The summed E-state index contributed by atoms with van der Waals surface area (Å²) in [7, 11) is 0. The Kier molecular flexibility index (Phi) is 4.31. The molecule has 5 heteroatoms. The van der Waals surface area contributed by atoms with Crippen LogP contribution >= 0.6 is 0 Å². The van der Waals surface area contributed by atoms with Crippen LogP contribution < -0.4 is 9.64 Å². The molecule has 1 atom stereocenters. The van der Waals surface area contributed by atoms with E-state index < -0.39 is 12.1 Å². The van der Waals surface area contributed by atoms with Crippen molar-refractivity contribution in [3.05, 3.63) is 29.8 Å². The summed E-state index contributed by atoms with van der Waals surface area (Å²) in [6.07, 6.45) is 1.33. The van der Waals surface area contributed by atoms with Gasteiger partial charge >= 0.3 is 5.97 Å². The lowest BCUT2D eigenvalue weighted by Gasteiger charge is -2.33. The fourth-order valence-corrected chi connectivity index (χ4v) is 2.42. The van der Waals surface area contributed by atoms with Gasteiger partial charge in [-0.3, -0.25) is 4.79 Å². The van der Waals surface area contributed by atoms with Gasteiger partial charge in [0, 0.05) is 12.6 Å². The predicted molar refractivity (Wildman–Crippen MR) is 80.5 cm³/mol. The largest absolute Gasteiger partial charge is 0.478 e. The van der Waals surface area contributed by atoms with Crippen LogP contribution in [-0.4, -0.2) is 29.6 Å². The van der Waals surface area contributed by atoms with E-state index in [1.807, 2.05) is 19.9 Å². The molecule has 0 aromatic heterocycles. The Bertz CT molecular complexity index is 606. The number of aliphatic carboxylic acids is 1. The number of allylic oxidation sites excluding steroid dienone is 1. The van der Waals surface area contributed by atoms with Crippen molar-refractivity contribution in [2.24, 2.45) is 0 Å². The van der Waals surface area contributed by atoms with Crippen LogP contribution in [0.15, 0.2) is 24.3 Å². The minimum atomic E-state index is -0.990. The minimum absolute atomic E-state index is 0.0514. The van der Waals surface area contributed by atoms with Gasteiger partial charge in [0.15, 0.2) is 6.10 Å². The first-order valence-electron chi connectivity index (χ1n) is 7.01. The second-order valence-corrected chi connectivity index (χ2v) is 4.95. The summed E-state index contributed by atoms with van der Waals surface area (Å²) in [5, 5.41) is 8.82. The fraction of sp³-hybridized carbons (Fsp3) is 0.375. The summed E-state index contributed by atoms with van der Waals surface area (Å²) < 4.78 is 5.71. The number of likely N-dealkylation sites (N-methyl/N-ethyl adjacent to an activating group) is 1. The highest BCUT2D eigenvalue weighted by Crippen LogP contribution is 2.36. The normalized spacial score (nSPS) is 18.2. The number of carbonyl (C=O) groups excluding carboxylic acids is 1. The third kappa shape index (κ3) is 2.91. The molecule has 0 radical (unpaired) electrons. The second kappa shape index (κ2) is 5.99. The fourth-order valence-electron chi connectivity index (χ4n) is 2.42. The van der Waals surface area contributed by atoms with Crippen LogP contribution in [0.1, 0.15) is 32.8 Å². The lowest BCUT2D eigenvalue weighted by atomic mass is 10.0. The van der Waals surface area contributed by atoms with E-state index in [-0.39, 0.29) is 5.91 Å². The molecule has 1 aromatic rings. The molecule has 112 valence electrons. The molecule has 1 aliphatic rings. The summed E-state index contributed by atoms with van der Waals surface area (Å²) in [6, 6.07) is 5.41. The van der Waals surface area contributed by atoms with Gasteiger partial charge in [-0.2, -0.15) is 0 Å². The number of carbonyl (C=O) groups is 2. The number of nitrogens with zero attached hydrogens (tertiary/aromatic N) is 1. The first kappa shape index (κ1) is 15.1. The zero-order valence-electron chi connectivity index (χ0n) is 12.4. The number of hydrogen-bond donors (Lipinski definition) is 1. The molecule has 0 saturated carbocycles. The minimum Gasteiger partial charge on any atom is -0.478 e. The number of hydrogen-bond acceptors (Lipinski definition) is 3. The predicted octanol–water partition coefficient (Wildman–Crippen LogP) is 2.70. The maximum absolute atomic E-state index is 12.3. The standard InChI is InChI=1S/C16H19NO4/c1-4-13-16(20)17(5-2)12-9-11(6-7-14(12)21-13)10(3)8-15(18)19/h6-9,13H,4-5H2,1-3H3,(H,18,19)/b10-8+. The molecule has 0 saturated heterocycles. The molecule has 0 bridgehead atoms. The van der Waals surface area contributed by atoms with Crippen LogP contribution in [0.2, 0.25) is 0 Å². The van der Waals surface area contributed by atoms with Crippen molar-refractivity contribution < 1.29 is 19.4 Å². The Labute approximate surface area is 123 Å². The summed E-state index contributed by atoms with van der Waals surface area (Å²) in [6.45, 7) is 6.10. The van der Waals surface area contributed by atoms with Crippen LogP contribution in [-0.2, 0) is 9.59 Å². The van der Waals surface area contributed by atoms with Gasteiger partial charge in [0.1, 0.15) is 5.75 Å². The van der Waals surface area contributed by atoms with E-state index >= 15 is 0 Å². The molecule has 21 heavy (non-hydrogen) atoms. The third-order valence-corrected chi connectivity index (χ3v) is 3.54. The maximum atomic E-state index is 12.3. The number of fused-ring (bicyclic) bond motifs is 1. The Balaban J connectivity index is 2.46. The molecule has 1 aliphatic heterocycles. The molecular formula is C16H19NO4. The van der Waals surface area contributed by atoms with E-state index in [1.54, 1.807) is 24.0 Å². The lowest BCUT2D eigenvalue weighted by molar-refractivity contribution is -0.131. The van der Waals surface area contributed by atoms with E-state index in [2.05, 4.69) is 0 Å². The number of ether oxygens (including phenoxy) is 1. The van der Waals surface area contributed by atoms with Crippen molar-refractivity contribution >= 4 is 23.1 Å². The molecular weight excluding hydrogens is 270 g/mol. The van der Waals surface area contributed by atoms with Crippen molar-refractivity contribution in [3.8, 4) is 5.75 Å². The molecule has 1 aromatic carbocycles. The molecule has 0 aliphatic carbocycles. The Morgan fingerprint density at radius 2 is 2.14 bits per heavy atom.